The van der Waals surface area contributed by atoms with Crippen molar-refractivity contribution in [2.24, 2.45) is 5.92 Å². The van der Waals surface area contributed by atoms with Crippen LogP contribution in [0.3, 0.4) is 0 Å². The van der Waals surface area contributed by atoms with Crippen molar-refractivity contribution in [3.05, 3.63) is 0 Å². The molecule has 0 spiro atoms. The van der Waals surface area contributed by atoms with Crippen molar-refractivity contribution in [1.82, 2.24) is 10.2 Å². The fourth-order valence-corrected chi connectivity index (χ4v) is 4.14. The Kier molecular flexibility index (Phi) is 4.80. The van der Waals surface area contributed by atoms with Crippen molar-refractivity contribution in [2.75, 3.05) is 33.4 Å². The van der Waals surface area contributed by atoms with E-state index in [1.165, 1.54) is 0 Å². The summed E-state index contributed by atoms with van der Waals surface area (Å²) in [6.45, 7) is 15.0. The average molecular weight is 284 g/mol. The molecule has 0 aromatic heterocycles. The van der Waals surface area contributed by atoms with E-state index >= 15 is 0 Å². The largest absolute Gasteiger partial charge is 0.378 e. The second-order valence-electron chi connectivity index (χ2n) is 7.31. The molecule has 0 amide bonds. The molecule has 0 aromatic rings. The van der Waals surface area contributed by atoms with Crippen LogP contribution in [0.1, 0.15) is 41.0 Å². The first-order valence-corrected chi connectivity index (χ1v) is 8.01. The van der Waals surface area contributed by atoms with Crippen LogP contribution in [0.15, 0.2) is 0 Å². The number of hydrogen-bond donors (Lipinski definition) is 1. The maximum atomic E-state index is 6.34. The van der Waals surface area contributed by atoms with E-state index in [2.05, 4.69) is 51.9 Å². The topological polar surface area (TPSA) is 33.7 Å². The Labute approximate surface area is 124 Å². The highest BCUT2D eigenvalue weighted by Crippen LogP contribution is 2.42. The number of hydrogen-bond acceptors (Lipinski definition) is 4. The van der Waals surface area contributed by atoms with Gasteiger partial charge >= 0.3 is 0 Å². The third kappa shape index (κ3) is 3.03. The molecule has 0 aromatic carbocycles. The van der Waals surface area contributed by atoms with Gasteiger partial charge in [0.2, 0.25) is 0 Å². The quantitative estimate of drug-likeness (QED) is 0.855. The lowest BCUT2D eigenvalue weighted by Gasteiger charge is -2.40. The summed E-state index contributed by atoms with van der Waals surface area (Å²) in [6, 6.07) is 0.943. The zero-order valence-electron chi connectivity index (χ0n) is 14.0. The summed E-state index contributed by atoms with van der Waals surface area (Å²) < 4.78 is 12.0. The van der Waals surface area contributed by atoms with Crippen molar-refractivity contribution in [3.8, 4) is 0 Å². The van der Waals surface area contributed by atoms with Crippen molar-refractivity contribution < 1.29 is 9.47 Å². The Hall–Kier alpha value is -0.160. The zero-order valence-corrected chi connectivity index (χ0v) is 14.0. The highest BCUT2D eigenvalue weighted by molar-refractivity contribution is 5.06. The number of morpholine rings is 1. The Balaban J connectivity index is 2.13. The second-order valence-corrected chi connectivity index (χ2v) is 7.31. The zero-order chi connectivity index (χ0) is 15.0. The van der Waals surface area contributed by atoms with Gasteiger partial charge in [-0.1, -0.05) is 6.92 Å². The van der Waals surface area contributed by atoms with Crippen molar-refractivity contribution in [1.29, 1.82) is 0 Å². The van der Waals surface area contributed by atoms with Crippen LogP contribution in [0.25, 0.3) is 0 Å². The van der Waals surface area contributed by atoms with Gasteiger partial charge in [0.1, 0.15) is 0 Å². The van der Waals surface area contributed by atoms with Gasteiger partial charge < -0.3 is 14.8 Å². The van der Waals surface area contributed by atoms with Gasteiger partial charge in [0.05, 0.1) is 24.4 Å². The van der Waals surface area contributed by atoms with Crippen LogP contribution in [0.5, 0.6) is 0 Å². The maximum absolute atomic E-state index is 6.34. The molecule has 4 nitrogen and oxygen atoms in total. The first-order chi connectivity index (χ1) is 9.31. The molecule has 0 saturated carbocycles. The summed E-state index contributed by atoms with van der Waals surface area (Å²) >= 11 is 0. The summed E-state index contributed by atoms with van der Waals surface area (Å²) in [6.07, 6.45) is 1.15. The Morgan fingerprint density at radius 3 is 2.50 bits per heavy atom. The average Bonchev–Trinajstić information content (AvgIpc) is 2.54. The molecule has 2 fully saturated rings. The molecule has 118 valence electrons. The summed E-state index contributed by atoms with van der Waals surface area (Å²) in [5.41, 5.74) is -0.204. The van der Waals surface area contributed by atoms with Crippen LogP contribution in [-0.2, 0) is 9.47 Å². The van der Waals surface area contributed by atoms with Crippen LogP contribution < -0.4 is 5.32 Å². The lowest BCUT2D eigenvalue weighted by atomic mass is 9.82. The van der Waals surface area contributed by atoms with Crippen LogP contribution in [-0.4, -0.2) is 61.5 Å². The number of likely N-dealkylation sites (N-methyl/N-ethyl adjacent to an activating group) is 1. The molecule has 3 unspecified atom stereocenters. The molecule has 0 bridgehead atoms. The molecular weight excluding hydrogens is 252 g/mol. The van der Waals surface area contributed by atoms with E-state index in [4.69, 9.17) is 9.47 Å². The molecule has 2 aliphatic heterocycles. The highest BCUT2D eigenvalue weighted by atomic mass is 16.5. The molecule has 0 aliphatic carbocycles. The van der Waals surface area contributed by atoms with E-state index in [-0.39, 0.29) is 11.2 Å². The fourth-order valence-electron chi connectivity index (χ4n) is 4.14. The van der Waals surface area contributed by atoms with Crippen LogP contribution >= 0.6 is 0 Å². The van der Waals surface area contributed by atoms with Gasteiger partial charge in [-0.15, -0.1) is 0 Å². The molecule has 2 saturated heterocycles. The van der Waals surface area contributed by atoms with Crippen LogP contribution in [0, 0.1) is 5.92 Å². The standard InChI is InChI=1S/C16H32N2O2/c1-7-12-11-19-9-8-18(12)10-13-14(17-6)16(4,5)20-15(13,2)3/h12-14,17H,7-11H2,1-6H3. The lowest BCUT2D eigenvalue weighted by molar-refractivity contribution is -0.0841. The summed E-state index contributed by atoms with van der Waals surface area (Å²) in [5, 5.41) is 3.50. The smallest absolute Gasteiger partial charge is 0.0790 e. The van der Waals surface area contributed by atoms with E-state index < -0.39 is 0 Å². The Morgan fingerprint density at radius 1 is 1.20 bits per heavy atom. The molecule has 3 atom stereocenters. The van der Waals surface area contributed by atoms with E-state index in [1.807, 2.05) is 0 Å². The predicted molar refractivity (Wildman–Crippen MR) is 82.1 cm³/mol. The Morgan fingerprint density at radius 2 is 1.90 bits per heavy atom. The summed E-state index contributed by atoms with van der Waals surface area (Å²) in [7, 11) is 2.06. The van der Waals surface area contributed by atoms with Gasteiger partial charge in [-0.25, -0.2) is 0 Å². The molecule has 1 N–H and O–H groups in total. The number of nitrogens with one attached hydrogen (secondary N) is 1. The minimum absolute atomic E-state index is 0.0895. The Bertz CT molecular complexity index is 330. The minimum Gasteiger partial charge on any atom is -0.378 e. The van der Waals surface area contributed by atoms with E-state index in [9.17, 15) is 0 Å². The van der Waals surface area contributed by atoms with E-state index in [0.717, 1.165) is 32.7 Å². The lowest BCUT2D eigenvalue weighted by Crippen LogP contribution is -2.54. The van der Waals surface area contributed by atoms with Crippen LogP contribution in [0.4, 0.5) is 0 Å². The molecule has 2 aliphatic rings. The molecule has 20 heavy (non-hydrogen) atoms. The normalized spacial score (nSPS) is 37.2. The van der Waals surface area contributed by atoms with Gasteiger partial charge in [0, 0.05) is 31.1 Å². The van der Waals surface area contributed by atoms with Gasteiger partial charge in [-0.2, -0.15) is 0 Å². The molecule has 0 radical (unpaired) electrons. The number of rotatable bonds is 4. The van der Waals surface area contributed by atoms with Crippen molar-refractivity contribution >= 4 is 0 Å². The molecular formula is C16H32N2O2. The summed E-state index contributed by atoms with van der Waals surface area (Å²) in [5.74, 6) is 0.495. The molecule has 2 rings (SSSR count). The van der Waals surface area contributed by atoms with Crippen molar-refractivity contribution in [2.45, 2.75) is 64.3 Å². The number of nitrogens with zero attached hydrogens (tertiary/aromatic N) is 1. The summed E-state index contributed by atoms with van der Waals surface area (Å²) in [4.78, 5) is 2.60. The number of ether oxygens (including phenoxy) is 2. The monoisotopic (exact) mass is 284 g/mol. The van der Waals surface area contributed by atoms with Gasteiger partial charge in [-0.3, -0.25) is 4.90 Å². The SMILES string of the molecule is CCC1COCCN1CC1C(NC)C(C)(C)OC1(C)C. The molecule has 2 heterocycles. The second kappa shape index (κ2) is 5.91. The third-order valence-electron chi connectivity index (χ3n) is 5.13. The fraction of sp³-hybridized carbons (Fsp3) is 1.00. The minimum atomic E-state index is -0.114. The maximum Gasteiger partial charge on any atom is 0.0790 e. The highest BCUT2D eigenvalue weighted by Gasteiger charge is 2.53. The third-order valence-corrected chi connectivity index (χ3v) is 5.13. The molecule has 4 heteroatoms. The van der Waals surface area contributed by atoms with Crippen LogP contribution in [0.2, 0.25) is 0 Å². The van der Waals surface area contributed by atoms with Gasteiger partial charge in [0.15, 0.2) is 0 Å². The van der Waals surface area contributed by atoms with Gasteiger partial charge in [0.25, 0.3) is 0 Å². The van der Waals surface area contributed by atoms with Crippen molar-refractivity contribution in [3.63, 3.8) is 0 Å². The first-order valence-electron chi connectivity index (χ1n) is 8.01. The van der Waals surface area contributed by atoms with E-state index in [1.54, 1.807) is 0 Å². The first kappa shape index (κ1) is 16.2. The predicted octanol–water partition coefficient (Wildman–Crippen LogP) is 1.89. The van der Waals surface area contributed by atoms with Gasteiger partial charge in [-0.05, 0) is 41.2 Å². The van der Waals surface area contributed by atoms with E-state index in [0.29, 0.717) is 18.0 Å².